The lowest BCUT2D eigenvalue weighted by molar-refractivity contribution is 0.0956. The van der Waals surface area contributed by atoms with E-state index < -0.39 is 0 Å². The molecule has 0 aliphatic heterocycles. The molecular weight excluding hydrogens is 320 g/mol. The van der Waals surface area contributed by atoms with Crippen LogP contribution in [0.3, 0.4) is 0 Å². The molecule has 2 aromatic rings. The van der Waals surface area contributed by atoms with Crippen molar-refractivity contribution in [2.24, 2.45) is 0 Å². The van der Waals surface area contributed by atoms with Crippen LogP contribution in [0.4, 0.5) is 5.69 Å². The molecule has 2 N–H and O–H groups in total. The van der Waals surface area contributed by atoms with Crippen molar-refractivity contribution in [2.75, 3.05) is 11.9 Å². The van der Waals surface area contributed by atoms with Crippen LogP contribution < -0.4 is 10.6 Å². The van der Waals surface area contributed by atoms with Crippen molar-refractivity contribution in [1.29, 1.82) is 0 Å². The number of rotatable bonds is 5. The zero-order chi connectivity index (χ0) is 14.5. The van der Waals surface area contributed by atoms with E-state index in [1.54, 1.807) is 0 Å². The van der Waals surface area contributed by atoms with E-state index in [-0.39, 0.29) is 5.91 Å². The third-order valence-corrected chi connectivity index (χ3v) is 3.33. The summed E-state index contributed by atoms with van der Waals surface area (Å²) in [7, 11) is 0. The highest BCUT2D eigenvalue weighted by Gasteiger charge is 2.07. The van der Waals surface area contributed by atoms with Crippen LogP contribution >= 0.6 is 15.9 Å². The lowest BCUT2D eigenvalue weighted by Gasteiger charge is -2.10. The number of nitrogens with one attached hydrogen (secondary N) is 2. The number of hydrogen-bond acceptors (Lipinski definition) is 3. The van der Waals surface area contributed by atoms with E-state index in [9.17, 15) is 4.79 Å². The van der Waals surface area contributed by atoms with Crippen LogP contribution in [0.15, 0.2) is 39.4 Å². The summed E-state index contributed by atoms with van der Waals surface area (Å²) in [6.07, 6.45) is 0. The Morgan fingerprint density at radius 3 is 2.70 bits per heavy atom. The van der Waals surface area contributed by atoms with Gasteiger partial charge >= 0.3 is 0 Å². The maximum atomic E-state index is 11.7. The van der Waals surface area contributed by atoms with Crippen molar-refractivity contribution in [2.45, 2.75) is 20.4 Å². The quantitative estimate of drug-likeness (QED) is 0.874. The molecule has 0 aliphatic rings. The molecule has 0 atom stereocenters. The van der Waals surface area contributed by atoms with Crippen LogP contribution in [0.1, 0.15) is 28.6 Å². The number of amides is 1. The third-order valence-electron chi connectivity index (χ3n) is 2.91. The van der Waals surface area contributed by atoms with Crippen LogP contribution in [-0.2, 0) is 6.54 Å². The number of furan rings is 1. The Kier molecular flexibility index (Phi) is 4.84. The topological polar surface area (TPSA) is 54.3 Å². The van der Waals surface area contributed by atoms with Crippen LogP contribution in [-0.4, -0.2) is 12.5 Å². The van der Waals surface area contributed by atoms with Gasteiger partial charge in [-0.1, -0.05) is 0 Å². The van der Waals surface area contributed by atoms with Gasteiger partial charge in [0, 0.05) is 17.8 Å². The summed E-state index contributed by atoms with van der Waals surface area (Å²) in [5.41, 5.74) is 2.69. The van der Waals surface area contributed by atoms with E-state index in [4.69, 9.17) is 4.42 Å². The molecule has 20 heavy (non-hydrogen) atoms. The molecule has 4 nitrogen and oxygen atoms in total. The molecule has 0 radical (unpaired) electrons. The number of carbonyl (C=O) groups excluding carboxylic acids is 1. The predicted molar refractivity (Wildman–Crippen MR) is 82.9 cm³/mol. The molecule has 0 fully saturated rings. The van der Waals surface area contributed by atoms with E-state index >= 15 is 0 Å². The Balaban J connectivity index is 2.04. The monoisotopic (exact) mass is 336 g/mol. The van der Waals surface area contributed by atoms with Gasteiger partial charge in [-0.3, -0.25) is 4.79 Å². The van der Waals surface area contributed by atoms with Crippen LogP contribution in [0.5, 0.6) is 0 Å². The second-order valence-corrected chi connectivity index (χ2v) is 5.23. The zero-order valence-corrected chi connectivity index (χ0v) is 13.1. The summed E-state index contributed by atoms with van der Waals surface area (Å²) in [6, 6.07) is 9.39. The van der Waals surface area contributed by atoms with E-state index in [1.807, 2.05) is 44.2 Å². The first-order chi connectivity index (χ1) is 9.60. The van der Waals surface area contributed by atoms with Gasteiger partial charge in [0.25, 0.3) is 5.91 Å². The van der Waals surface area contributed by atoms with E-state index in [1.165, 1.54) is 0 Å². The molecule has 0 bridgehead atoms. The van der Waals surface area contributed by atoms with Crippen molar-refractivity contribution in [3.05, 3.63) is 51.9 Å². The van der Waals surface area contributed by atoms with E-state index in [2.05, 4.69) is 26.6 Å². The van der Waals surface area contributed by atoms with Gasteiger partial charge in [-0.05, 0) is 65.7 Å². The number of aryl methyl sites for hydroxylation is 1. The van der Waals surface area contributed by atoms with Crippen molar-refractivity contribution in [3.63, 3.8) is 0 Å². The number of anilines is 1. The van der Waals surface area contributed by atoms with Crippen molar-refractivity contribution < 1.29 is 9.21 Å². The Bertz CT molecular complexity index is 608. The molecule has 1 aromatic heterocycles. The Labute approximate surface area is 126 Å². The minimum atomic E-state index is -0.0443. The Morgan fingerprint density at radius 2 is 2.10 bits per heavy atom. The van der Waals surface area contributed by atoms with E-state index in [0.717, 1.165) is 21.7 Å². The van der Waals surface area contributed by atoms with Crippen LogP contribution in [0.2, 0.25) is 0 Å². The first-order valence-corrected chi connectivity index (χ1v) is 7.26. The van der Waals surface area contributed by atoms with E-state index in [0.29, 0.717) is 18.7 Å². The van der Waals surface area contributed by atoms with Gasteiger partial charge < -0.3 is 15.1 Å². The molecule has 1 heterocycles. The zero-order valence-electron chi connectivity index (χ0n) is 11.5. The molecule has 0 saturated carbocycles. The number of carbonyl (C=O) groups is 1. The maximum absolute atomic E-state index is 11.7. The first kappa shape index (κ1) is 14.7. The lowest BCUT2D eigenvalue weighted by Crippen LogP contribution is -2.22. The standard InChI is InChI=1S/C15H17BrN2O2/c1-3-17-15(19)11-4-6-13(10(2)8-11)18-9-12-5-7-14(16)20-12/h4-8,18H,3,9H2,1-2H3,(H,17,19). The average molecular weight is 337 g/mol. The summed E-state index contributed by atoms with van der Waals surface area (Å²) in [5, 5.41) is 6.08. The molecule has 0 aliphatic carbocycles. The van der Waals surface area contributed by atoms with Crippen LogP contribution in [0.25, 0.3) is 0 Å². The summed E-state index contributed by atoms with van der Waals surface area (Å²) in [5.74, 6) is 0.807. The fourth-order valence-electron chi connectivity index (χ4n) is 1.89. The Morgan fingerprint density at radius 1 is 1.30 bits per heavy atom. The highest BCUT2D eigenvalue weighted by molar-refractivity contribution is 9.10. The maximum Gasteiger partial charge on any atom is 0.251 e. The Hall–Kier alpha value is -1.75. The SMILES string of the molecule is CCNC(=O)c1ccc(NCc2ccc(Br)o2)c(C)c1. The number of hydrogen-bond donors (Lipinski definition) is 2. The van der Waals surface area contributed by atoms with Crippen molar-refractivity contribution in [1.82, 2.24) is 5.32 Å². The third kappa shape index (κ3) is 3.63. The summed E-state index contributed by atoms with van der Waals surface area (Å²) < 4.78 is 6.15. The fourth-order valence-corrected chi connectivity index (χ4v) is 2.24. The molecule has 2 rings (SSSR count). The van der Waals surface area contributed by atoms with Crippen molar-refractivity contribution in [3.8, 4) is 0 Å². The fraction of sp³-hybridized carbons (Fsp3) is 0.267. The smallest absolute Gasteiger partial charge is 0.251 e. The minimum Gasteiger partial charge on any atom is -0.452 e. The first-order valence-electron chi connectivity index (χ1n) is 6.47. The van der Waals surface area contributed by atoms with Crippen molar-refractivity contribution >= 4 is 27.5 Å². The average Bonchev–Trinajstić information content (AvgIpc) is 2.83. The molecule has 0 unspecified atom stereocenters. The van der Waals surface area contributed by atoms with Gasteiger partial charge in [0.2, 0.25) is 0 Å². The van der Waals surface area contributed by atoms with Crippen LogP contribution in [0, 0.1) is 6.92 Å². The highest BCUT2D eigenvalue weighted by atomic mass is 79.9. The summed E-state index contributed by atoms with van der Waals surface area (Å²) >= 11 is 3.27. The van der Waals surface area contributed by atoms with Gasteiger partial charge in [-0.2, -0.15) is 0 Å². The largest absolute Gasteiger partial charge is 0.452 e. The summed E-state index contributed by atoms with van der Waals surface area (Å²) in [6.45, 7) is 5.11. The van der Waals surface area contributed by atoms with Gasteiger partial charge in [-0.25, -0.2) is 0 Å². The van der Waals surface area contributed by atoms with Gasteiger partial charge in [-0.15, -0.1) is 0 Å². The number of halogens is 1. The molecule has 0 saturated heterocycles. The predicted octanol–water partition coefficient (Wildman–Crippen LogP) is 3.71. The molecule has 1 aromatic carbocycles. The summed E-state index contributed by atoms with van der Waals surface area (Å²) in [4.78, 5) is 11.7. The highest BCUT2D eigenvalue weighted by Crippen LogP contribution is 2.19. The molecular formula is C15H17BrN2O2. The lowest BCUT2D eigenvalue weighted by atomic mass is 10.1. The minimum absolute atomic E-state index is 0.0443. The second kappa shape index (κ2) is 6.61. The molecule has 106 valence electrons. The molecule has 0 spiro atoms. The van der Waals surface area contributed by atoms with Gasteiger partial charge in [0.05, 0.1) is 6.54 Å². The van der Waals surface area contributed by atoms with Gasteiger partial charge in [0.15, 0.2) is 4.67 Å². The number of benzene rings is 1. The normalized spacial score (nSPS) is 10.3. The molecule has 1 amide bonds. The van der Waals surface area contributed by atoms with Gasteiger partial charge in [0.1, 0.15) is 5.76 Å². The molecule has 5 heteroatoms. The second-order valence-electron chi connectivity index (χ2n) is 4.45.